The van der Waals surface area contributed by atoms with Gasteiger partial charge in [0, 0.05) is 37.2 Å². The van der Waals surface area contributed by atoms with Gasteiger partial charge in [-0.25, -0.2) is 9.97 Å². The van der Waals surface area contributed by atoms with Crippen LogP contribution in [-0.4, -0.2) is 44.7 Å². The van der Waals surface area contributed by atoms with Gasteiger partial charge in [-0.15, -0.1) is 0 Å². The number of nitrogens with zero attached hydrogens (tertiary/aromatic N) is 2. The second-order valence-corrected chi connectivity index (χ2v) is 6.02. The van der Waals surface area contributed by atoms with E-state index < -0.39 is 0 Å². The van der Waals surface area contributed by atoms with Gasteiger partial charge < -0.3 is 20.6 Å². The number of nitrogens with one attached hydrogen (secondary N) is 5. The van der Waals surface area contributed by atoms with Crippen molar-refractivity contribution in [2.75, 3.05) is 18.8 Å². The predicted molar refractivity (Wildman–Crippen MR) is 90.1 cm³/mol. The number of hydrogen-bond acceptors (Lipinski definition) is 4. The molecule has 7 nitrogen and oxygen atoms in total. The van der Waals surface area contributed by atoms with E-state index in [9.17, 15) is 0 Å². The minimum Gasteiger partial charge on any atom is -0.357 e. The third kappa shape index (κ3) is 5.80. The summed E-state index contributed by atoms with van der Waals surface area (Å²) in [5.74, 6) is 2.37. The molecule has 0 spiro atoms. The summed E-state index contributed by atoms with van der Waals surface area (Å²) >= 11 is 1.87. The Hall–Kier alpha value is -1.96. The Kier molecular flexibility index (Phi) is 6.82. The average Bonchev–Trinajstić information content (AvgIpc) is 3.15. The zero-order valence-corrected chi connectivity index (χ0v) is 13.6. The van der Waals surface area contributed by atoms with Gasteiger partial charge in [-0.3, -0.25) is 5.41 Å². The lowest BCUT2D eigenvalue weighted by Crippen LogP contribution is -2.38. The average molecular weight is 321 g/mol. The Morgan fingerprint density at radius 1 is 1.27 bits per heavy atom. The Bertz CT molecular complexity index is 549. The molecule has 8 heteroatoms. The van der Waals surface area contributed by atoms with Crippen LogP contribution in [-0.2, 0) is 12.2 Å². The zero-order valence-electron chi connectivity index (χ0n) is 12.8. The first-order valence-electron chi connectivity index (χ1n) is 7.36. The SMILES string of the molecule is Cc1[nH]cnc1CSCCCNC(=N)NCCc1c[nH]cn1. The van der Waals surface area contributed by atoms with E-state index >= 15 is 0 Å². The summed E-state index contributed by atoms with van der Waals surface area (Å²) in [6.45, 7) is 3.56. The molecule has 0 aromatic carbocycles. The maximum Gasteiger partial charge on any atom is 0.188 e. The van der Waals surface area contributed by atoms with Crippen molar-refractivity contribution < 1.29 is 0 Å². The molecule has 120 valence electrons. The fourth-order valence-corrected chi connectivity index (χ4v) is 2.87. The number of rotatable bonds is 9. The number of aromatic nitrogens is 4. The molecule has 0 radical (unpaired) electrons. The molecule has 0 fully saturated rings. The van der Waals surface area contributed by atoms with Crippen LogP contribution in [0.4, 0.5) is 0 Å². The highest BCUT2D eigenvalue weighted by atomic mass is 32.2. The van der Waals surface area contributed by atoms with Gasteiger partial charge in [0.05, 0.1) is 24.0 Å². The summed E-state index contributed by atoms with van der Waals surface area (Å²) in [7, 11) is 0. The van der Waals surface area contributed by atoms with Gasteiger partial charge in [-0.2, -0.15) is 11.8 Å². The fourth-order valence-electron chi connectivity index (χ4n) is 1.89. The van der Waals surface area contributed by atoms with E-state index in [2.05, 4.69) is 30.6 Å². The number of imidazole rings is 2. The zero-order chi connectivity index (χ0) is 15.6. The van der Waals surface area contributed by atoms with Crippen molar-refractivity contribution in [3.63, 3.8) is 0 Å². The number of aromatic amines is 2. The number of aryl methyl sites for hydroxylation is 1. The molecular formula is C14H23N7S. The van der Waals surface area contributed by atoms with Gasteiger partial charge in [-0.1, -0.05) is 0 Å². The molecule has 2 rings (SSSR count). The first kappa shape index (κ1) is 16.4. The Labute approximate surface area is 134 Å². The third-order valence-electron chi connectivity index (χ3n) is 3.18. The Morgan fingerprint density at radius 2 is 2.14 bits per heavy atom. The second kappa shape index (κ2) is 9.14. The molecule has 0 aliphatic heterocycles. The van der Waals surface area contributed by atoms with Gasteiger partial charge in [-0.05, 0) is 19.1 Å². The normalized spacial score (nSPS) is 10.6. The molecule has 2 aromatic heterocycles. The van der Waals surface area contributed by atoms with Crippen LogP contribution in [0.25, 0.3) is 0 Å². The van der Waals surface area contributed by atoms with E-state index in [4.69, 9.17) is 5.41 Å². The maximum atomic E-state index is 7.77. The largest absolute Gasteiger partial charge is 0.357 e. The van der Waals surface area contributed by atoms with Gasteiger partial charge in [0.15, 0.2) is 5.96 Å². The summed E-state index contributed by atoms with van der Waals surface area (Å²) < 4.78 is 0. The first-order valence-corrected chi connectivity index (χ1v) is 8.51. The summed E-state index contributed by atoms with van der Waals surface area (Å²) in [5, 5.41) is 13.9. The highest BCUT2D eigenvalue weighted by molar-refractivity contribution is 7.98. The van der Waals surface area contributed by atoms with Crippen molar-refractivity contribution in [3.8, 4) is 0 Å². The van der Waals surface area contributed by atoms with E-state index in [1.807, 2.05) is 24.9 Å². The highest BCUT2D eigenvalue weighted by Gasteiger charge is 2.01. The molecule has 0 bridgehead atoms. The minimum absolute atomic E-state index is 0.378. The van der Waals surface area contributed by atoms with Gasteiger partial charge in [0.2, 0.25) is 0 Å². The van der Waals surface area contributed by atoms with Gasteiger partial charge >= 0.3 is 0 Å². The number of hydrogen-bond donors (Lipinski definition) is 5. The molecule has 2 heterocycles. The lowest BCUT2D eigenvalue weighted by molar-refractivity contribution is 0.768. The predicted octanol–water partition coefficient (Wildman–Crippen LogP) is 1.42. The Balaban J connectivity index is 1.44. The molecule has 0 saturated heterocycles. The molecule has 22 heavy (non-hydrogen) atoms. The minimum atomic E-state index is 0.378. The van der Waals surface area contributed by atoms with E-state index in [1.54, 1.807) is 12.7 Å². The number of guanidine groups is 1. The molecular weight excluding hydrogens is 298 g/mol. The smallest absolute Gasteiger partial charge is 0.188 e. The topological polar surface area (TPSA) is 105 Å². The fraction of sp³-hybridized carbons (Fsp3) is 0.500. The van der Waals surface area contributed by atoms with Crippen molar-refractivity contribution in [1.82, 2.24) is 30.6 Å². The van der Waals surface area contributed by atoms with Crippen LogP contribution in [0, 0.1) is 12.3 Å². The third-order valence-corrected chi connectivity index (χ3v) is 4.23. The van der Waals surface area contributed by atoms with E-state index in [0.29, 0.717) is 12.5 Å². The van der Waals surface area contributed by atoms with Crippen molar-refractivity contribution >= 4 is 17.7 Å². The number of H-pyrrole nitrogens is 2. The molecule has 0 aliphatic rings. The lowest BCUT2D eigenvalue weighted by Gasteiger charge is -2.09. The van der Waals surface area contributed by atoms with Crippen molar-refractivity contribution in [1.29, 1.82) is 5.41 Å². The van der Waals surface area contributed by atoms with Crippen LogP contribution in [0.2, 0.25) is 0 Å². The maximum absolute atomic E-state index is 7.77. The quantitative estimate of drug-likeness (QED) is 0.273. The summed E-state index contributed by atoms with van der Waals surface area (Å²) in [5.41, 5.74) is 3.28. The second-order valence-electron chi connectivity index (χ2n) is 4.92. The highest BCUT2D eigenvalue weighted by Crippen LogP contribution is 2.12. The summed E-state index contributed by atoms with van der Waals surface area (Å²) in [6.07, 6.45) is 7.12. The van der Waals surface area contributed by atoms with Gasteiger partial charge in [0.1, 0.15) is 0 Å². The summed E-state index contributed by atoms with van der Waals surface area (Å²) in [6, 6.07) is 0. The first-order chi connectivity index (χ1) is 10.8. The monoisotopic (exact) mass is 321 g/mol. The Morgan fingerprint density at radius 3 is 2.86 bits per heavy atom. The molecule has 0 unspecified atom stereocenters. The molecule has 2 aromatic rings. The van der Waals surface area contributed by atoms with E-state index in [-0.39, 0.29) is 0 Å². The van der Waals surface area contributed by atoms with Crippen LogP contribution >= 0.6 is 11.8 Å². The molecule has 0 amide bonds. The molecule has 0 aliphatic carbocycles. The van der Waals surface area contributed by atoms with Crippen molar-refractivity contribution in [2.45, 2.75) is 25.5 Å². The molecule has 5 N–H and O–H groups in total. The molecule has 0 saturated carbocycles. The van der Waals surface area contributed by atoms with Crippen molar-refractivity contribution in [2.24, 2.45) is 0 Å². The van der Waals surface area contributed by atoms with Crippen LogP contribution in [0.5, 0.6) is 0 Å². The lowest BCUT2D eigenvalue weighted by atomic mass is 10.3. The van der Waals surface area contributed by atoms with Crippen molar-refractivity contribution in [3.05, 3.63) is 35.9 Å². The van der Waals surface area contributed by atoms with E-state index in [0.717, 1.165) is 48.0 Å². The van der Waals surface area contributed by atoms with Crippen LogP contribution in [0.1, 0.15) is 23.5 Å². The van der Waals surface area contributed by atoms with Crippen LogP contribution in [0.15, 0.2) is 18.9 Å². The molecule has 0 atom stereocenters. The number of thioether (sulfide) groups is 1. The van der Waals surface area contributed by atoms with Gasteiger partial charge in [0.25, 0.3) is 0 Å². The standard InChI is InChI=1S/C14H23N7S/c1-11-13(21-10-19-11)8-22-6-2-4-17-14(15)18-5-3-12-7-16-9-20-12/h7,9-10H,2-6,8H2,1H3,(H,16,20)(H,19,21)(H3,15,17,18). The van der Waals surface area contributed by atoms with E-state index in [1.165, 1.54) is 0 Å². The van der Waals surface area contributed by atoms with Crippen LogP contribution < -0.4 is 10.6 Å². The van der Waals surface area contributed by atoms with Crippen LogP contribution in [0.3, 0.4) is 0 Å². The summed E-state index contributed by atoms with van der Waals surface area (Å²) in [4.78, 5) is 14.4.